The minimum atomic E-state index is -4.27. The van der Waals surface area contributed by atoms with E-state index in [0.717, 1.165) is 0 Å². The molecule has 0 saturated carbocycles. The smallest absolute Gasteiger partial charge is 0.303 e. The highest BCUT2D eigenvalue weighted by molar-refractivity contribution is 7.46. The molecule has 0 spiro atoms. The summed E-state index contributed by atoms with van der Waals surface area (Å²) >= 11 is 5.04. The summed E-state index contributed by atoms with van der Waals surface area (Å²) in [6.07, 6.45) is 0. The predicted octanol–water partition coefficient (Wildman–Crippen LogP) is -0.849. The highest BCUT2D eigenvalue weighted by Gasteiger charge is 2.11. The molecule has 0 heterocycles. The van der Waals surface area contributed by atoms with Gasteiger partial charge < -0.3 is 9.79 Å². The second-order valence-electron chi connectivity index (χ2n) is 1.01. The first-order valence-corrected chi connectivity index (χ1v) is 3.89. The van der Waals surface area contributed by atoms with Crippen molar-refractivity contribution in [3.8, 4) is 0 Å². The Morgan fingerprint density at radius 2 is 2.00 bits per heavy atom. The van der Waals surface area contributed by atoms with E-state index < -0.39 is 7.82 Å². The zero-order chi connectivity index (χ0) is 6.62. The van der Waals surface area contributed by atoms with E-state index in [2.05, 4.69) is 4.52 Å². The van der Waals surface area contributed by atoms with Crippen LogP contribution in [0.25, 0.3) is 0 Å². The van der Waals surface area contributed by atoms with Crippen LogP contribution < -0.4 is 0 Å². The Labute approximate surface area is 68.5 Å². The van der Waals surface area contributed by atoms with E-state index in [-0.39, 0.29) is 29.8 Å². The number of halogens is 1. The third-order valence-electron chi connectivity index (χ3n) is 0.337. The molecule has 0 unspecified atom stereocenters. The summed E-state index contributed by atoms with van der Waals surface area (Å²) in [4.78, 5) is 16.0. The van der Waals surface area contributed by atoms with Gasteiger partial charge in [-0.05, 0) is 0 Å². The van der Waals surface area contributed by atoms with Crippen molar-refractivity contribution in [2.75, 3.05) is 12.5 Å². The number of alkyl halides is 1. The molecular weight excluding hydrogens is 181 g/mol. The Kier molecular flexibility index (Phi) is 7.97. The van der Waals surface area contributed by atoms with Crippen molar-refractivity contribution in [3.05, 3.63) is 0 Å². The van der Waals surface area contributed by atoms with Gasteiger partial charge in [0.15, 0.2) is 17.4 Å². The van der Waals surface area contributed by atoms with Crippen LogP contribution in [0, 0.1) is 0 Å². The van der Waals surface area contributed by atoms with Crippen molar-refractivity contribution < 1.29 is 18.9 Å². The third-order valence-corrected chi connectivity index (χ3v) is 1.01. The van der Waals surface area contributed by atoms with Crippen molar-refractivity contribution in [1.82, 2.24) is 0 Å². The lowest BCUT2D eigenvalue weighted by molar-refractivity contribution is 0.207. The molecule has 0 aliphatic carbocycles. The zero-order valence-corrected chi connectivity index (χ0v) is 5.60. The summed E-state index contributed by atoms with van der Waals surface area (Å²) < 4.78 is 13.7. The third kappa shape index (κ3) is 12.2. The second-order valence-corrected chi connectivity index (χ2v) is 2.63. The fourth-order valence-electron chi connectivity index (χ4n) is 0.153. The van der Waals surface area contributed by atoms with Crippen molar-refractivity contribution in [2.45, 2.75) is 0 Å². The van der Waals surface area contributed by atoms with Gasteiger partial charge in [-0.25, -0.2) is 4.57 Å². The minimum absolute atomic E-state index is 0. The lowest BCUT2D eigenvalue weighted by atomic mass is 10.9. The lowest BCUT2D eigenvalue weighted by Gasteiger charge is -1.99. The van der Waals surface area contributed by atoms with Crippen LogP contribution in [0.3, 0.4) is 0 Å². The Balaban J connectivity index is 0. The maximum Gasteiger partial charge on any atom is 0.469 e. The average molecular weight is 190 g/mol. The van der Waals surface area contributed by atoms with Crippen molar-refractivity contribution in [2.24, 2.45) is 0 Å². The van der Waals surface area contributed by atoms with Crippen molar-refractivity contribution >= 4 is 36.8 Å². The minimum Gasteiger partial charge on any atom is -0.303 e. The molecule has 7 heteroatoms. The van der Waals surface area contributed by atoms with Crippen LogP contribution in [0.4, 0.5) is 0 Å². The first kappa shape index (κ1) is 12.6. The molecule has 0 aromatic carbocycles. The molecule has 0 saturated heterocycles. The molecule has 0 aliphatic heterocycles. The van der Waals surface area contributed by atoms with Crippen molar-refractivity contribution in [1.29, 1.82) is 0 Å². The van der Waals surface area contributed by atoms with Gasteiger partial charge in [-0.1, -0.05) is 0 Å². The fourth-order valence-corrected chi connectivity index (χ4v) is 0.667. The molecule has 9 heavy (non-hydrogen) atoms. The second kappa shape index (κ2) is 5.70. The molecule has 0 fully saturated rings. The predicted molar refractivity (Wildman–Crippen MR) is 38.7 cm³/mol. The number of phosphoric acid groups is 1. The molecule has 0 aromatic heterocycles. The number of hydrogen-bond donors (Lipinski definition) is 2. The molecule has 0 rings (SSSR count). The van der Waals surface area contributed by atoms with Gasteiger partial charge in [-0.15, -0.1) is 11.6 Å². The van der Waals surface area contributed by atoms with E-state index in [4.69, 9.17) is 21.4 Å². The summed E-state index contributed by atoms with van der Waals surface area (Å²) in [6.45, 7) is -0.119. The molecule has 0 atom stereocenters. The van der Waals surface area contributed by atoms with Crippen molar-refractivity contribution in [3.63, 3.8) is 0 Å². The van der Waals surface area contributed by atoms with Crippen LogP contribution in [0.2, 0.25) is 0 Å². The average Bonchev–Trinajstić information content (AvgIpc) is 1.59. The van der Waals surface area contributed by atoms with E-state index in [1.807, 2.05) is 0 Å². The normalized spacial score (nSPS) is 10.6. The summed E-state index contributed by atoms with van der Waals surface area (Å²) in [6, 6.07) is 0. The maximum absolute atomic E-state index is 9.80. The van der Waals surface area contributed by atoms with E-state index in [9.17, 15) is 4.57 Å². The molecular formula is C2H9AlClO4P. The molecule has 2 N–H and O–H groups in total. The molecule has 4 nitrogen and oxygen atoms in total. The first-order chi connectivity index (χ1) is 3.56. The van der Waals surface area contributed by atoms with Gasteiger partial charge in [-0.3, -0.25) is 4.52 Å². The van der Waals surface area contributed by atoms with Gasteiger partial charge in [0.2, 0.25) is 0 Å². The zero-order valence-electron chi connectivity index (χ0n) is 3.95. The van der Waals surface area contributed by atoms with Gasteiger partial charge >= 0.3 is 7.82 Å². The fraction of sp³-hybridized carbons (Fsp3) is 1.00. The van der Waals surface area contributed by atoms with Crippen LogP contribution in [-0.2, 0) is 9.09 Å². The monoisotopic (exact) mass is 190 g/mol. The molecule has 0 radical (unpaired) electrons. The Morgan fingerprint density at radius 1 is 1.56 bits per heavy atom. The van der Waals surface area contributed by atoms with Crippen LogP contribution >= 0.6 is 19.4 Å². The Hall–Kier alpha value is 0.932. The number of rotatable bonds is 3. The highest BCUT2D eigenvalue weighted by atomic mass is 35.5. The SMILES string of the molecule is O=P(O)(O)OCCCl.[AlH3]. The molecule has 56 valence electrons. The van der Waals surface area contributed by atoms with E-state index in [0.29, 0.717) is 0 Å². The highest BCUT2D eigenvalue weighted by Crippen LogP contribution is 2.35. The largest absolute Gasteiger partial charge is 0.469 e. The molecule has 0 aliphatic rings. The summed E-state index contributed by atoms with van der Waals surface area (Å²) in [5.74, 6) is 0.0884. The van der Waals surface area contributed by atoms with Gasteiger partial charge in [0.25, 0.3) is 0 Å². The van der Waals surface area contributed by atoms with E-state index >= 15 is 0 Å². The number of phosphoric ester groups is 1. The first-order valence-electron chi connectivity index (χ1n) is 1.82. The van der Waals surface area contributed by atoms with Gasteiger partial charge in [0.05, 0.1) is 6.61 Å². The van der Waals surface area contributed by atoms with E-state index in [1.165, 1.54) is 0 Å². The summed E-state index contributed by atoms with van der Waals surface area (Å²) in [5.41, 5.74) is 0. The van der Waals surface area contributed by atoms with Gasteiger partial charge in [0.1, 0.15) is 0 Å². The molecule has 0 amide bonds. The lowest BCUT2D eigenvalue weighted by Crippen LogP contribution is -1.91. The summed E-state index contributed by atoms with van der Waals surface area (Å²) in [7, 11) is -4.27. The Morgan fingerprint density at radius 3 is 2.11 bits per heavy atom. The van der Waals surface area contributed by atoms with Crippen LogP contribution in [0.5, 0.6) is 0 Å². The standard InChI is InChI=1S/C2H6ClO4P.Al.3H/c3-1-2-7-8(4,5)6;;;;/h1-2H2,(H2,4,5,6);;;;. The van der Waals surface area contributed by atoms with Crippen LogP contribution in [0.15, 0.2) is 0 Å². The maximum atomic E-state index is 9.80. The van der Waals surface area contributed by atoms with Crippen LogP contribution in [0.1, 0.15) is 0 Å². The summed E-state index contributed by atoms with van der Waals surface area (Å²) in [5, 5.41) is 0. The topological polar surface area (TPSA) is 66.8 Å². The Bertz CT molecular complexity index is 103. The molecule has 0 aromatic rings. The van der Waals surface area contributed by atoms with Gasteiger partial charge in [0, 0.05) is 5.88 Å². The number of hydrogen-bond acceptors (Lipinski definition) is 2. The van der Waals surface area contributed by atoms with Gasteiger partial charge in [-0.2, -0.15) is 0 Å². The van der Waals surface area contributed by atoms with Crippen LogP contribution in [-0.4, -0.2) is 39.6 Å². The van der Waals surface area contributed by atoms with E-state index in [1.54, 1.807) is 0 Å². The molecule has 0 bridgehead atoms. The quantitative estimate of drug-likeness (QED) is 0.346.